The summed E-state index contributed by atoms with van der Waals surface area (Å²) in [6.07, 6.45) is 0.822. The molecule has 4 nitrogen and oxygen atoms in total. The molecule has 3 rings (SSSR count). The summed E-state index contributed by atoms with van der Waals surface area (Å²) >= 11 is 0. The Bertz CT molecular complexity index is 806. The van der Waals surface area contributed by atoms with Crippen molar-refractivity contribution >= 4 is 17.5 Å². The molecule has 2 amide bonds. The maximum Gasteiger partial charge on any atom is 0.228 e. The van der Waals surface area contributed by atoms with Crippen LogP contribution in [0.2, 0.25) is 0 Å². The number of likely N-dealkylation sites (N-methyl/N-ethyl adjacent to an activating group) is 1. The smallest absolute Gasteiger partial charge is 0.228 e. The van der Waals surface area contributed by atoms with E-state index in [1.54, 1.807) is 31.3 Å². The molecule has 1 aliphatic rings. The predicted octanol–water partition coefficient (Wildman–Crippen LogP) is 3.00. The molecule has 6 heteroatoms. The lowest BCUT2D eigenvalue weighted by Crippen LogP contribution is -2.20. The van der Waals surface area contributed by atoms with E-state index in [-0.39, 0.29) is 30.1 Å². The normalized spacial score (nSPS) is 18.5. The molecule has 0 heterocycles. The summed E-state index contributed by atoms with van der Waals surface area (Å²) in [7, 11) is 1.58. The van der Waals surface area contributed by atoms with Gasteiger partial charge in [0.1, 0.15) is 11.6 Å². The first kappa shape index (κ1) is 17.1. The van der Waals surface area contributed by atoms with E-state index in [0.717, 1.165) is 11.6 Å². The van der Waals surface area contributed by atoms with Crippen molar-refractivity contribution in [2.24, 2.45) is 5.92 Å². The van der Waals surface area contributed by atoms with Crippen molar-refractivity contribution in [2.75, 3.05) is 12.4 Å². The third kappa shape index (κ3) is 4.02. The predicted molar refractivity (Wildman–Crippen MR) is 90.0 cm³/mol. The second-order valence-electron chi connectivity index (χ2n) is 6.15. The third-order valence-electron chi connectivity index (χ3n) is 4.35. The Morgan fingerprint density at radius 1 is 1.12 bits per heavy atom. The standard InChI is InChI=1S/C19H18F2N2O2/c1-22-18(24)8-11-2-5-13(6-3-11)23-19(25)16-10-15(16)14-7-4-12(20)9-17(14)21/h2-7,9,15-16H,8,10H2,1H3,(H,22,24)(H,23,25)/t15-,16-/m1/s1. The van der Waals surface area contributed by atoms with E-state index in [1.807, 2.05) is 0 Å². The fraction of sp³-hybridized carbons (Fsp3) is 0.263. The van der Waals surface area contributed by atoms with E-state index >= 15 is 0 Å². The van der Waals surface area contributed by atoms with Crippen molar-refractivity contribution in [2.45, 2.75) is 18.8 Å². The van der Waals surface area contributed by atoms with Gasteiger partial charge in [-0.2, -0.15) is 0 Å². The molecular formula is C19H18F2N2O2. The number of benzene rings is 2. The number of anilines is 1. The lowest BCUT2D eigenvalue weighted by Gasteiger charge is -2.07. The fourth-order valence-corrected chi connectivity index (χ4v) is 2.85. The summed E-state index contributed by atoms with van der Waals surface area (Å²) in [5.74, 6) is -2.04. The van der Waals surface area contributed by atoms with Gasteiger partial charge in [0.05, 0.1) is 6.42 Å². The van der Waals surface area contributed by atoms with Crippen LogP contribution < -0.4 is 10.6 Å². The van der Waals surface area contributed by atoms with Crippen molar-refractivity contribution in [3.63, 3.8) is 0 Å². The number of rotatable bonds is 5. The van der Waals surface area contributed by atoms with Crippen LogP contribution in [-0.4, -0.2) is 18.9 Å². The summed E-state index contributed by atoms with van der Waals surface area (Å²) in [4.78, 5) is 23.6. The maximum absolute atomic E-state index is 13.8. The Morgan fingerprint density at radius 3 is 2.48 bits per heavy atom. The molecule has 0 unspecified atom stereocenters. The number of amides is 2. The van der Waals surface area contributed by atoms with Gasteiger partial charge in [0.15, 0.2) is 0 Å². The van der Waals surface area contributed by atoms with Crippen LogP contribution in [0.5, 0.6) is 0 Å². The van der Waals surface area contributed by atoms with Crippen LogP contribution in [0.25, 0.3) is 0 Å². The quantitative estimate of drug-likeness (QED) is 0.876. The SMILES string of the molecule is CNC(=O)Cc1ccc(NC(=O)[C@@H]2C[C@@H]2c2ccc(F)cc2F)cc1. The van der Waals surface area contributed by atoms with Crippen LogP contribution in [0.15, 0.2) is 42.5 Å². The lowest BCUT2D eigenvalue weighted by atomic mass is 10.1. The van der Waals surface area contributed by atoms with Crippen LogP contribution in [0.3, 0.4) is 0 Å². The van der Waals surface area contributed by atoms with Crippen molar-refractivity contribution in [3.8, 4) is 0 Å². The van der Waals surface area contributed by atoms with Gasteiger partial charge < -0.3 is 10.6 Å². The van der Waals surface area contributed by atoms with Crippen molar-refractivity contribution in [1.29, 1.82) is 0 Å². The van der Waals surface area contributed by atoms with Crippen molar-refractivity contribution in [1.82, 2.24) is 5.32 Å². The van der Waals surface area contributed by atoms with E-state index < -0.39 is 11.6 Å². The lowest BCUT2D eigenvalue weighted by molar-refractivity contribution is -0.120. The molecule has 0 radical (unpaired) electrons. The first-order valence-electron chi connectivity index (χ1n) is 8.03. The highest BCUT2D eigenvalue weighted by atomic mass is 19.1. The number of hydrogen-bond acceptors (Lipinski definition) is 2. The summed E-state index contributed by atoms with van der Waals surface area (Å²) in [5.41, 5.74) is 1.84. The van der Waals surface area contributed by atoms with Gasteiger partial charge in [0.2, 0.25) is 11.8 Å². The molecular weight excluding hydrogens is 326 g/mol. The van der Waals surface area contributed by atoms with Crippen molar-refractivity contribution < 1.29 is 18.4 Å². The highest BCUT2D eigenvalue weighted by Crippen LogP contribution is 2.48. The van der Waals surface area contributed by atoms with Gasteiger partial charge in [-0.15, -0.1) is 0 Å². The van der Waals surface area contributed by atoms with Crippen LogP contribution in [0.4, 0.5) is 14.5 Å². The molecule has 0 aromatic heterocycles. The Morgan fingerprint density at radius 2 is 1.84 bits per heavy atom. The molecule has 2 N–H and O–H groups in total. The molecule has 130 valence electrons. The minimum Gasteiger partial charge on any atom is -0.359 e. The van der Waals surface area contributed by atoms with Crippen molar-refractivity contribution in [3.05, 3.63) is 65.2 Å². The molecule has 0 spiro atoms. The van der Waals surface area contributed by atoms with Crippen LogP contribution in [-0.2, 0) is 16.0 Å². The Labute approximate surface area is 144 Å². The highest BCUT2D eigenvalue weighted by molar-refractivity contribution is 5.95. The van der Waals surface area contributed by atoms with Gasteiger partial charge in [-0.05, 0) is 41.7 Å². The van der Waals surface area contributed by atoms with Gasteiger partial charge in [-0.25, -0.2) is 8.78 Å². The summed E-state index contributed by atoms with van der Waals surface area (Å²) in [5, 5.41) is 5.34. The molecule has 25 heavy (non-hydrogen) atoms. The monoisotopic (exact) mass is 344 g/mol. The number of hydrogen-bond donors (Lipinski definition) is 2. The van der Waals surface area contributed by atoms with Gasteiger partial charge >= 0.3 is 0 Å². The van der Waals surface area contributed by atoms with Crippen LogP contribution in [0.1, 0.15) is 23.5 Å². The summed E-state index contributed by atoms with van der Waals surface area (Å²) in [6.45, 7) is 0. The minimum atomic E-state index is -0.625. The summed E-state index contributed by atoms with van der Waals surface area (Å²) in [6, 6.07) is 10.4. The van der Waals surface area contributed by atoms with E-state index in [1.165, 1.54) is 12.1 Å². The average Bonchev–Trinajstić information content (AvgIpc) is 3.37. The molecule has 0 saturated heterocycles. The highest BCUT2D eigenvalue weighted by Gasteiger charge is 2.45. The average molecular weight is 344 g/mol. The van der Waals surface area contributed by atoms with Crippen LogP contribution in [0, 0.1) is 17.6 Å². The molecule has 2 aromatic rings. The van der Waals surface area contributed by atoms with Crippen LogP contribution >= 0.6 is 0 Å². The molecule has 1 aliphatic carbocycles. The molecule has 0 aliphatic heterocycles. The topological polar surface area (TPSA) is 58.2 Å². The van der Waals surface area contributed by atoms with Gasteiger partial charge in [0.25, 0.3) is 0 Å². The first-order chi connectivity index (χ1) is 12.0. The zero-order chi connectivity index (χ0) is 18.0. The van der Waals surface area contributed by atoms with E-state index in [9.17, 15) is 18.4 Å². The minimum absolute atomic E-state index is 0.0843. The zero-order valence-corrected chi connectivity index (χ0v) is 13.7. The molecule has 0 bridgehead atoms. The van der Waals surface area contributed by atoms with Gasteiger partial charge in [0, 0.05) is 24.7 Å². The first-order valence-corrected chi connectivity index (χ1v) is 8.03. The Hall–Kier alpha value is -2.76. The summed E-state index contributed by atoms with van der Waals surface area (Å²) < 4.78 is 26.7. The molecule has 2 aromatic carbocycles. The number of nitrogens with one attached hydrogen (secondary N) is 2. The second kappa shape index (κ2) is 7.01. The molecule has 2 atom stereocenters. The fourth-order valence-electron chi connectivity index (χ4n) is 2.85. The molecule has 1 saturated carbocycles. The zero-order valence-electron chi connectivity index (χ0n) is 13.7. The van der Waals surface area contributed by atoms with E-state index in [0.29, 0.717) is 17.7 Å². The maximum atomic E-state index is 13.8. The number of carbonyl (C=O) groups is 2. The largest absolute Gasteiger partial charge is 0.359 e. The molecule has 1 fully saturated rings. The number of carbonyl (C=O) groups excluding carboxylic acids is 2. The van der Waals surface area contributed by atoms with E-state index in [2.05, 4.69) is 10.6 Å². The van der Waals surface area contributed by atoms with E-state index in [4.69, 9.17) is 0 Å². The Balaban J connectivity index is 1.59. The second-order valence-corrected chi connectivity index (χ2v) is 6.15. The third-order valence-corrected chi connectivity index (χ3v) is 4.35. The van der Waals surface area contributed by atoms with Gasteiger partial charge in [-0.3, -0.25) is 9.59 Å². The number of halogens is 2. The van der Waals surface area contributed by atoms with Gasteiger partial charge in [-0.1, -0.05) is 18.2 Å². The Kier molecular flexibility index (Phi) is 4.79.